The molecule has 4 saturated carbocycles. The summed E-state index contributed by atoms with van der Waals surface area (Å²) < 4.78 is 23.6. The molecule has 1 amide bonds. The van der Waals surface area contributed by atoms with E-state index < -0.39 is 33.7 Å². The van der Waals surface area contributed by atoms with Crippen LogP contribution >= 0.6 is 0 Å². The third-order valence-corrected chi connectivity index (χ3v) is 15.1. The maximum atomic E-state index is 14.5. The normalized spacial score (nSPS) is 34.8. The number of hydrazone groups is 1. The van der Waals surface area contributed by atoms with Crippen molar-refractivity contribution in [2.45, 2.75) is 94.5 Å². The summed E-state index contributed by atoms with van der Waals surface area (Å²) in [5.41, 5.74) is 4.12. The Labute approximate surface area is 316 Å². The summed E-state index contributed by atoms with van der Waals surface area (Å²) in [6, 6.07) is 22.2. The lowest BCUT2D eigenvalue weighted by molar-refractivity contribution is -0.154. The number of hydrogen-bond acceptors (Lipinski definition) is 9. The van der Waals surface area contributed by atoms with Crippen LogP contribution in [0.2, 0.25) is 0 Å². The van der Waals surface area contributed by atoms with Gasteiger partial charge in [-0.3, -0.25) is 15.1 Å². The van der Waals surface area contributed by atoms with Gasteiger partial charge in [-0.1, -0.05) is 50.2 Å². The van der Waals surface area contributed by atoms with Gasteiger partial charge in [-0.25, -0.2) is 18.4 Å². The minimum absolute atomic E-state index is 0.00309. The van der Waals surface area contributed by atoms with Crippen LogP contribution in [0.3, 0.4) is 0 Å². The van der Waals surface area contributed by atoms with Crippen LogP contribution in [0.4, 0.5) is 17.1 Å². The lowest BCUT2D eigenvalue weighted by Crippen LogP contribution is -2.60. The molecule has 8 rings (SSSR count). The number of aliphatic carboxylic acids is 1. The lowest BCUT2D eigenvalue weighted by Gasteiger charge is -2.62. The Kier molecular flexibility index (Phi) is 9.05. The van der Waals surface area contributed by atoms with Gasteiger partial charge in [0.25, 0.3) is 5.91 Å². The van der Waals surface area contributed by atoms with Gasteiger partial charge in [0.05, 0.1) is 11.0 Å². The second kappa shape index (κ2) is 13.4. The zero-order chi connectivity index (χ0) is 38.0. The monoisotopic (exact) mass is 754 g/mol. The Morgan fingerprint density at radius 2 is 1.59 bits per heavy atom. The van der Waals surface area contributed by atoms with Crippen molar-refractivity contribution in [3.05, 3.63) is 84.4 Å². The summed E-state index contributed by atoms with van der Waals surface area (Å²) in [5, 5.41) is 38.4. The molecule has 13 heteroatoms. The summed E-state index contributed by atoms with van der Waals surface area (Å²) in [6.07, 6.45) is 6.81. The molecule has 7 N–H and O–H groups in total. The number of aliphatic hydroxyl groups excluding tert-OH is 1. The standard InChI is InChI=1S/C41H50N6O6S/c1-39-22-23-41(37(50)51,24-25(39)12-17-29-31-18-19-34(48)40(31,2)21-20-32(29)39)44-33-11-7-6-10-30(33)35-36(49)47(27-8-4-3-5-9-27)38(46-45-35)43-26-13-15-28(16-14-26)54(42,52)53/h3-11,13-16,25,29,31-32,34,38,43-44,46,48H,12,17-24H2,1-2H3,(H,50,51)(H2,42,52,53)/t25-,29-,31-,32-,34-,38?,39-,40-,41+/m0/s1. The summed E-state index contributed by atoms with van der Waals surface area (Å²) in [4.78, 5) is 29.4. The maximum Gasteiger partial charge on any atom is 0.329 e. The number of nitrogens with zero attached hydrogens (tertiary/aromatic N) is 2. The van der Waals surface area contributed by atoms with E-state index in [2.05, 4.69) is 35.0 Å². The number of carbonyl (C=O) groups excluding carboxylic acids is 1. The highest BCUT2D eigenvalue weighted by molar-refractivity contribution is 7.89. The molecule has 0 aromatic heterocycles. The van der Waals surface area contributed by atoms with Crippen molar-refractivity contribution in [2.24, 2.45) is 44.7 Å². The fourth-order valence-corrected chi connectivity index (χ4v) is 11.7. The number of para-hydroxylation sites is 2. The van der Waals surface area contributed by atoms with Gasteiger partial charge in [0.1, 0.15) is 5.54 Å². The van der Waals surface area contributed by atoms with E-state index in [4.69, 9.17) is 5.14 Å². The number of carboxylic acids is 1. The van der Waals surface area contributed by atoms with Crippen molar-refractivity contribution in [3.63, 3.8) is 0 Å². The summed E-state index contributed by atoms with van der Waals surface area (Å²) in [5.74, 6) is 0.555. The number of nitrogens with two attached hydrogens (primary N) is 1. The molecular weight excluding hydrogens is 705 g/mol. The van der Waals surface area contributed by atoms with Gasteiger partial charge in [-0.2, -0.15) is 5.10 Å². The minimum Gasteiger partial charge on any atom is -0.480 e. The van der Waals surface area contributed by atoms with Crippen molar-refractivity contribution in [2.75, 3.05) is 15.5 Å². The van der Waals surface area contributed by atoms with Gasteiger partial charge in [0.15, 0.2) is 12.0 Å². The van der Waals surface area contributed by atoms with E-state index in [1.54, 1.807) is 30.3 Å². The fourth-order valence-electron chi connectivity index (χ4n) is 11.1. The lowest BCUT2D eigenvalue weighted by atomic mass is 9.44. The molecule has 12 nitrogen and oxygen atoms in total. The Morgan fingerprint density at radius 1 is 0.889 bits per heavy atom. The van der Waals surface area contributed by atoms with Crippen LogP contribution in [0.5, 0.6) is 0 Å². The van der Waals surface area contributed by atoms with Gasteiger partial charge in [-0.15, -0.1) is 0 Å². The van der Waals surface area contributed by atoms with Gasteiger partial charge in [-0.05, 0) is 135 Å². The van der Waals surface area contributed by atoms with E-state index in [9.17, 15) is 28.2 Å². The van der Waals surface area contributed by atoms with E-state index in [0.29, 0.717) is 53.2 Å². The Balaban J connectivity index is 1.07. The number of benzene rings is 3. The van der Waals surface area contributed by atoms with E-state index in [1.165, 1.54) is 17.0 Å². The number of anilines is 3. The SMILES string of the molecule is C[C@]12CC[C@](Nc3ccccc3C3=NNC(Nc4ccc(S(N)(=O)=O)cc4)N(c4ccccc4)C3=O)(C(=O)O)C[C@@H]1CC[C@@H]1[C@@H]2CC[C@]2(C)[C@@H](O)CC[C@@H]12. The summed E-state index contributed by atoms with van der Waals surface area (Å²) in [6.45, 7) is 4.70. The molecule has 286 valence electrons. The maximum absolute atomic E-state index is 14.5. The van der Waals surface area contributed by atoms with Crippen LogP contribution in [0.1, 0.15) is 77.2 Å². The zero-order valence-electron chi connectivity index (χ0n) is 30.7. The first-order valence-corrected chi connectivity index (χ1v) is 20.7. The van der Waals surface area contributed by atoms with Crippen LogP contribution in [0.15, 0.2) is 88.9 Å². The van der Waals surface area contributed by atoms with Crippen LogP contribution in [0, 0.1) is 34.5 Å². The van der Waals surface area contributed by atoms with Crippen molar-refractivity contribution in [1.82, 2.24) is 5.43 Å². The first kappa shape index (κ1) is 36.5. The zero-order valence-corrected chi connectivity index (χ0v) is 31.6. The van der Waals surface area contributed by atoms with E-state index in [1.807, 2.05) is 36.4 Å². The van der Waals surface area contributed by atoms with Crippen molar-refractivity contribution in [3.8, 4) is 0 Å². The average Bonchev–Trinajstić information content (AvgIpc) is 3.46. The summed E-state index contributed by atoms with van der Waals surface area (Å²) >= 11 is 0. The number of carbonyl (C=O) groups is 2. The van der Waals surface area contributed by atoms with E-state index in [0.717, 1.165) is 44.9 Å². The molecule has 4 aliphatic carbocycles. The highest BCUT2D eigenvalue weighted by Crippen LogP contribution is 2.67. The molecule has 1 heterocycles. The second-order valence-corrected chi connectivity index (χ2v) is 18.3. The number of amides is 1. The molecule has 54 heavy (non-hydrogen) atoms. The smallest absolute Gasteiger partial charge is 0.329 e. The van der Waals surface area contributed by atoms with E-state index in [-0.39, 0.29) is 33.5 Å². The molecule has 3 aromatic rings. The summed E-state index contributed by atoms with van der Waals surface area (Å²) in [7, 11) is -3.88. The Bertz CT molecular complexity index is 2080. The molecule has 0 bridgehead atoms. The van der Waals surface area contributed by atoms with E-state index >= 15 is 0 Å². The Hall–Kier alpha value is -4.46. The van der Waals surface area contributed by atoms with Crippen LogP contribution in [-0.2, 0) is 19.6 Å². The first-order valence-electron chi connectivity index (χ1n) is 19.1. The van der Waals surface area contributed by atoms with Gasteiger partial charge >= 0.3 is 5.97 Å². The third kappa shape index (κ3) is 6.04. The molecule has 0 radical (unpaired) electrons. The number of rotatable bonds is 8. The molecule has 0 saturated heterocycles. The van der Waals surface area contributed by atoms with Crippen LogP contribution in [0.25, 0.3) is 0 Å². The number of primary sulfonamides is 1. The predicted molar refractivity (Wildman–Crippen MR) is 207 cm³/mol. The average molecular weight is 755 g/mol. The van der Waals surface area contributed by atoms with Crippen molar-refractivity contribution >= 4 is 44.7 Å². The number of hydrogen-bond donors (Lipinski definition) is 6. The highest BCUT2D eigenvalue weighted by atomic mass is 32.2. The number of fused-ring (bicyclic) bond motifs is 5. The number of sulfonamides is 1. The highest BCUT2D eigenvalue weighted by Gasteiger charge is 2.62. The van der Waals surface area contributed by atoms with Crippen molar-refractivity contribution < 1.29 is 28.2 Å². The van der Waals surface area contributed by atoms with Gasteiger partial charge in [0, 0.05) is 22.6 Å². The molecule has 3 aromatic carbocycles. The molecule has 4 fully saturated rings. The molecule has 9 atom stereocenters. The van der Waals surface area contributed by atoms with Crippen LogP contribution in [-0.4, -0.2) is 54.2 Å². The predicted octanol–water partition coefficient (Wildman–Crippen LogP) is 5.71. The molecule has 0 spiro atoms. The van der Waals surface area contributed by atoms with Crippen molar-refractivity contribution in [1.29, 1.82) is 0 Å². The number of carboxylic acid groups (broad SMARTS) is 1. The largest absolute Gasteiger partial charge is 0.480 e. The minimum atomic E-state index is -3.88. The molecule has 1 aliphatic heterocycles. The molecular formula is C41H50N6O6S. The molecule has 5 aliphatic rings. The van der Waals surface area contributed by atoms with Gasteiger partial charge < -0.3 is 20.8 Å². The van der Waals surface area contributed by atoms with Crippen LogP contribution < -0.4 is 26.1 Å². The third-order valence-electron chi connectivity index (χ3n) is 14.2. The fraction of sp³-hybridized carbons (Fsp3) is 0.488. The number of aliphatic hydroxyl groups is 1. The quantitative estimate of drug-likeness (QED) is 0.168. The topological polar surface area (TPSA) is 186 Å². The molecule has 1 unspecified atom stereocenters. The Morgan fingerprint density at radius 3 is 2.31 bits per heavy atom. The first-order chi connectivity index (χ1) is 25.7. The van der Waals surface area contributed by atoms with Gasteiger partial charge in [0.2, 0.25) is 10.0 Å². The number of nitrogens with one attached hydrogen (secondary N) is 3. The second-order valence-electron chi connectivity index (χ2n) is 16.8.